The number of benzene rings is 3. The van der Waals surface area contributed by atoms with Crippen LogP contribution in [0.3, 0.4) is 0 Å². The highest BCUT2D eigenvalue weighted by Gasteiger charge is 2.19. The lowest BCUT2D eigenvalue weighted by molar-refractivity contribution is 0.216. The number of carbonyl (C=O) groups is 1. The number of hydrogen-bond acceptors (Lipinski definition) is 4. The van der Waals surface area contributed by atoms with E-state index in [0.29, 0.717) is 10.7 Å². The SMILES string of the molecule is Cc1cc(OCc2c(C)cccc2N(N)C(=O)N(C)N)cc(-c2ccc(Cl)cc2)c1. The Labute approximate surface area is 181 Å². The molecule has 0 bridgehead atoms. The summed E-state index contributed by atoms with van der Waals surface area (Å²) in [6.45, 7) is 4.21. The van der Waals surface area contributed by atoms with E-state index in [1.165, 1.54) is 7.05 Å². The van der Waals surface area contributed by atoms with Crippen molar-refractivity contribution in [3.05, 3.63) is 82.4 Å². The Morgan fingerprint density at radius 2 is 1.70 bits per heavy atom. The molecule has 3 aromatic rings. The van der Waals surface area contributed by atoms with E-state index in [1.807, 2.05) is 62.4 Å². The lowest BCUT2D eigenvalue weighted by Crippen LogP contribution is -2.49. The van der Waals surface area contributed by atoms with Crippen LogP contribution < -0.4 is 21.4 Å². The van der Waals surface area contributed by atoms with Crippen LogP contribution in [0.1, 0.15) is 16.7 Å². The largest absolute Gasteiger partial charge is 0.489 e. The number of hydrazine groups is 2. The van der Waals surface area contributed by atoms with Gasteiger partial charge >= 0.3 is 6.03 Å². The van der Waals surface area contributed by atoms with E-state index in [4.69, 9.17) is 28.0 Å². The van der Waals surface area contributed by atoms with Gasteiger partial charge in [0, 0.05) is 17.6 Å². The van der Waals surface area contributed by atoms with Crippen LogP contribution in [-0.4, -0.2) is 18.1 Å². The van der Waals surface area contributed by atoms with Gasteiger partial charge in [-0.2, -0.15) is 0 Å². The van der Waals surface area contributed by atoms with Crippen LogP contribution in [0.25, 0.3) is 11.1 Å². The molecule has 0 saturated heterocycles. The second-order valence-corrected chi connectivity index (χ2v) is 7.60. The fourth-order valence-electron chi connectivity index (χ4n) is 3.17. The molecule has 3 aromatic carbocycles. The van der Waals surface area contributed by atoms with Gasteiger partial charge in [-0.1, -0.05) is 41.9 Å². The topological polar surface area (TPSA) is 84.8 Å². The standard InChI is InChI=1S/C23H25ClN4O2/c1-15-11-18(17-7-9-19(24)10-8-17)13-20(12-15)30-14-21-16(2)5-4-6-22(21)28(26)23(29)27(3)25/h4-13H,14,25-26H2,1-3H3. The number of urea groups is 1. The van der Waals surface area contributed by atoms with Crippen molar-refractivity contribution in [1.82, 2.24) is 5.01 Å². The van der Waals surface area contributed by atoms with Crippen LogP contribution in [0, 0.1) is 13.8 Å². The molecule has 0 heterocycles. The van der Waals surface area contributed by atoms with Crippen molar-refractivity contribution in [1.29, 1.82) is 0 Å². The van der Waals surface area contributed by atoms with E-state index in [1.54, 1.807) is 6.07 Å². The maximum atomic E-state index is 12.2. The van der Waals surface area contributed by atoms with Crippen LogP contribution in [0.2, 0.25) is 5.02 Å². The maximum Gasteiger partial charge on any atom is 0.352 e. The molecule has 6 nitrogen and oxygen atoms in total. The van der Waals surface area contributed by atoms with Crippen LogP contribution in [0.15, 0.2) is 60.7 Å². The van der Waals surface area contributed by atoms with Crippen molar-refractivity contribution in [2.24, 2.45) is 11.7 Å². The van der Waals surface area contributed by atoms with Gasteiger partial charge < -0.3 is 4.74 Å². The number of hydrogen-bond donors (Lipinski definition) is 2. The Balaban J connectivity index is 1.87. The lowest BCUT2D eigenvalue weighted by Gasteiger charge is -2.24. The fourth-order valence-corrected chi connectivity index (χ4v) is 3.30. The van der Waals surface area contributed by atoms with E-state index < -0.39 is 6.03 Å². The van der Waals surface area contributed by atoms with Crippen molar-refractivity contribution < 1.29 is 9.53 Å². The molecular weight excluding hydrogens is 400 g/mol. The van der Waals surface area contributed by atoms with Crippen molar-refractivity contribution >= 4 is 23.3 Å². The Bertz CT molecular complexity index is 1050. The Kier molecular flexibility index (Phi) is 6.62. The second-order valence-electron chi connectivity index (χ2n) is 7.17. The van der Waals surface area contributed by atoms with E-state index in [9.17, 15) is 4.79 Å². The van der Waals surface area contributed by atoms with E-state index in [0.717, 1.165) is 43.6 Å². The highest BCUT2D eigenvalue weighted by molar-refractivity contribution is 6.30. The predicted octanol–water partition coefficient (Wildman–Crippen LogP) is 4.81. The molecule has 3 rings (SSSR count). The van der Waals surface area contributed by atoms with Crippen LogP contribution in [0.5, 0.6) is 5.75 Å². The molecule has 156 valence electrons. The monoisotopic (exact) mass is 424 g/mol. The van der Waals surface area contributed by atoms with Crippen molar-refractivity contribution in [3.8, 4) is 16.9 Å². The quantitative estimate of drug-likeness (QED) is 0.349. The summed E-state index contributed by atoms with van der Waals surface area (Å²) in [7, 11) is 1.44. The molecule has 0 aliphatic rings. The minimum atomic E-state index is -0.526. The molecule has 0 fully saturated rings. The Hall–Kier alpha value is -3.06. The molecule has 0 aromatic heterocycles. The normalized spacial score (nSPS) is 10.6. The summed E-state index contributed by atoms with van der Waals surface area (Å²) in [4.78, 5) is 12.2. The van der Waals surface area contributed by atoms with Gasteiger partial charge in [-0.05, 0) is 66.4 Å². The summed E-state index contributed by atoms with van der Waals surface area (Å²) in [5.74, 6) is 12.3. The minimum absolute atomic E-state index is 0.251. The van der Waals surface area contributed by atoms with Crippen molar-refractivity contribution in [2.75, 3.05) is 12.1 Å². The lowest BCUT2D eigenvalue weighted by atomic mass is 10.0. The Morgan fingerprint density at radius 3 is 2.37 bits per heavy atom. The molecular formula is C23H25ClN4O2. The summed E-state index contributed by atoms with van der Waals surface area (Å²) in [5, 5.41) is 2.66. The number of nitrogens with two attached hydrogens (primary N) is 2. The predicted molar refractivity (Wildman–Crippen MR) is 121 cm³/mol. The average Bonchev–Trinajstić information content (AvgIpc) is 2.71. The zero-order valence-corrected chi connectivity index (χ0v) is 18.0. The third-order valence-electron chi connectivity index (χ3n) is 4.76. The summed E-state index contributed by atoms with van der Waals surface area (Å²) in [5.41, 5.74) is 5.47. The first-order valence-electron chi connectivity index (χ1n) is 9.42. The summed E-state index contributed by atoms with van der Waals surface area (Å²) in [6.07, 6.45) is 0. The minimum Gasteiger partial charge on any atom is -0.489 e. The van der Waals surface area contributed by atoms with Gasteiger partial charge in [0.25, 0.3) is 0 Å². The summed E-state index contributed by atoms with van der Waals surface area (Å²) < 4.78 is 6.11. The second kappa shape index (κ2) is 9.17. The van der Waals surface area contributed by atoms with Crippen LogP contribution in [-0.2, 0) is 6.61 Å². The molecule has 0 unspecified atom stereocenters. The maximum absolute atomic E-state index is 12.2. The van der Waals surface area contributed by atoms with E-state index in [2.05, 4.69) is 6.07 Å². The van der Waals surface area contributed by atoms with E-state index in [-0.39, 0.29) is 6.61 Å². The molecule has 4 N–H and O–H groups in total. The third kappa shape index (κ3) is 4.91. The first-order valence-corrected chi connectivity index (χ1v) is 9.80. The first kappa shape index (κ1) is 21.6. The molecule has 0 atom stereocenters. The number of anilines is 1. The van der Waals surface area contributed by atoms with Gasteiger partial charge in [0.05, 0.1) is 5.69 Å². The van der Waals surface area contributed by atoms with Crippen LogP contribution >= 0.6 is 11.6 Å². The molecule has 0 radical (unpaired) electrons. The molecule has 0 aliphatic carbocycles. The number of ether oxygens (including phenoxy) is 1. The third-order valence-corrected chi connectivity index (χ3v) is 5.02. The smallest absolute Gasteiger partial charge is 0.352 e. The van der Waals surface area contributed by atoms with Gasteiger partial charge in [-0.25, -0.2) is 21.5 Å². The zero-order chi connectivity index (χ0) is 21.8. The number of aryl methyl sites for hydroxylation is 2. The van der Waals surface area contributed by atoms with Gasteiger partial charge in [-0.15, -0.1) is 0 Å². The molecule has 0 aliphatic heterocycles. The number of nitrogens with zero attached hydrogens (tertiary/aromatic N) is 2. The van der Waals surface area contributed by atoms with Crippen LogP contribution in [0.4, 0.5) is 10.5 Å². The molecule has 7 heteroatoms. The number of halogens is 1. The van der Waals surface area contributed by atoms with Gasteiger partial charge in [0.15, 0.2) is 0 Å². The highest BCUT2D eigenvalue weighted by atomic mass is 35.5. The Morgan fingerprint density at radius 1 is 1.00 bits per heavy atom. The number of carbonyl (C=O) groups excluding carboxylic acids is 1. The van der Waals surface area contributed by atoms with Gasteiger partial charge in [0.2, 0.25) is 0 Å². The fraction of sp³-hybridized carbons (Fsp3) is 0.174. The zero-order valence-electron chi connectivity index (χ0n) is 17.2. The first-order chi connectivity index (χ1) is 14.3. The number of amides is 2. The summed E-state index contributed by atoms with van der Waals surface area (Å²) >= 11 is 6.00. The molecule has 0 saturated carbocycles. The van der Waals surface area contributed by atoms with Crippen molar-refractivity contribution in [2.45, 2.75) is 20.5 Å². The summed E-state index contributed by atoms with van der Waals surface area (Å²) in [6, 6.07) is 18.7. The highest BCUT2D eigenvalue weighted by Crippen LogP contribution is 2.29. The number of rotatable bonds is 5. The van der Waals surface area contributed by atoms with E-state index >= 15 is 0 Å². The molecule has 0 spiro atoms. The van der Waals surface area contributed by atoms with Gasteiger partial charge in [-0.3, -0.25) is 5.01 Å². The van der Waals surface area contributed by atoms with Crippen molar-refractivity contribution in [3.63, 3.8) is 0 Å². The van der Waals surface area contributed by atoms with Gasteiger partial charge in [0.1, 0.15) is 12.4 Å². The molecule has 30 heavy (non-hydrogen) atoms. The molecule has 2 amide bonds. The average molecular weight is 425 g/mol.